The van der Waals surface area contributed by atoms with Crippen LogP contribution in [0, 0.1) is 0 Å². The van der Waals surface area contributed by atoms with Gasteiger partial charge in [-0.2, -0.15) is 0 Å². The molecule has 0 fully saturated rings. The lowest BCUT2D eigenvalue weighted by Crippen LogP contribution is -2.00. The van der Waals surface area contributed by atoms with E-state index in [4.69, 9.17) is 9.84 Å². The highest BCUT2D eigenvalue weighted by Crippen LogP contribution is 2.34. The largest absolute Gasteiger partial charge is 0.481 e. The van der Waals surface area contributed by atoms with Gasteiger partial charge in [0.05, 0.1) is 6.42 Å². The molecule has 0 heterocycles. The van der Waals surface area contributed by atoms with Crippen LogP contribution in [0.2, 0.25) is 0 Å². The number of benzene rings is 3. The molecular formula is C20H17BrO3S. The van der Waals surface area contributed by atoms with Gasteiger partial charge in [-0.05, 0) is 59.2 Å². The molecule has 3 nitrogen and oxygen atoms in total. The number of carboxylic acids is 1. The highest BCUT2D eigenvalue weighted by atomic mass is 79.9. The second-order valence-electron chi connectivity index (χ2n) is 5.54. The first-order valence-electron chi connectivity index (χ1n) is 7.90. The van der Waals surface area contributed by atoms with Gasteiger partial charge < -0.3 is 9.84 Å². The van der Waals surface area contributed by atoms with Crippen LogP contribution in [0.3, 0.4) is 0 Å². The quantitative estimate of drug-likeness (QED) is 0.490. The van der Waals surface area contributed by atoms with E-state index in [1.54, 1.807) is 17.8 Å². The molecular weight excluding hydrogens is 400 g/mol. The van der Waals surface area contributed by atoms with Crippen LogP contribution >= 0.6 is 27.7 Å². The van der Waals surface area contributed by atoms with Crippen LogP contribution in [0.4, 0.5) is 0 Å². The van der Waals surface area contributed by atoms with Crippen LogP contribution in [0.25, 0.3) is 10.8 Å². The minimum Gasteiger partial charge on any atom is -0.481 e. The Labute approximate surface area is 159 Å². The van der Waals surface area contributed by atoms with Crippen molar-refractivity contribution in [3.8, 4) is 11.5 Å². The number of rotatable bonds is 6. The number of carbonyl (C=O) groups is 1. The number of carboxylic acid groups (broad SMARTS) is 1. The van der Waals surface area contributed by atoms with Gasteiger partial charge in [0.25, 0.3) is 0 Å². The summed E-state index contributed by atoms with van der Waals surface area (Å²) >= 11 is 5.26. The predicted octanol–water partition coefficient (Wildman–Crippen LogP) is 6.13. The summed E-state index contributed by atoms with van der Waals surface area (Å²) in [5, 5.41) is 11.0. The second-order valence-corrected chi connectivity index (χ2v) is 7.79. The van der Waals surface area contributed by atoms with Crippen molar-refractivity contribution < 1.29 is 14.6 Å². The maximum atomic E-state index is 11.1. The normalized spacial score (nSPS) is 10.8. The third kappa shape index (κ3) is 4.55. The van der Waals surface area contributed by atoms with Crippen molar-refractivity contribution in [2.45, 2.75) is 18.2 Å². The van der Waals surface area contributed by atoms with E-state index in [0.717, 1.165) is 32.3 Å². The summed E-state index contributed by atoms with van der Waals surface area (Å²) in [6.07, 6.45) is -0.0333. The average Bonchev–Trinajstić information content (AvgIpc) is 2.57. The van der Waals surface area contributed by atoms with Crippen molar-refractivity contribution in [3.05, 3.63) is 64.6 Å². The van der Waals surface area contributed by atoms with Gasteiger partial charge in [-0.25, -0.2) is 0 Å². The Morgan fingerprint density at radius 1 is 1.12 bits per heavy atom. The molecule has 0 radical (unpaired) electrons. The molecule has 3 aromatic rings. The van der Waals surface area contributed by atoms with Crippen LogP contribution in [-0.2, 0) is 11.2 Å². The Bertz CT molecular complexity index is 907. The van der Waals surface area contributed by atoms with Crippen molar-refractivity contribution >= 4 is 44.4 Å². The van der Waals surface area contributed by atoms with Gasteiger partial charge in [0.2, 0.25) is 0 Å². The Hall–Kier alpha value is -1.98. The summed E-state index contributed by atoms with van der Waals surface area (Å²) in [6, 6.07) is 17.5. The fraction of sp³-hybridized carbons (Fsp3) is 0.150. The Kier molecular flexibility index (Phi) is 5.66. The van der Waals surface area contributed by atoms with Crippen molar-refractivity contribution in [1.29, 1.82) is 0 Å². The zero-order chi connectivity index (χ0) is 17.8. The maximum Gasteiger partial charge on any atom is 0.307 e. The Balaban J connectivity index is 2.00. The van der Waals surface area contributed by atoms with Gasteiger partial charge in [-0.15, -0.1) is 11.8 Å². The molecule has 3 aromatic carbocycles. The van der Waals surface area contributed by atoms with Gasteiger partial charge in [0, 0.05) is 14.8 Å². The van der Waals surface area contributed by atoms with Crippen LogP contribution in [0.5, 0.6) is 11.5 Å². The first kappa shape index (κ1) is 17.8. The SMILES string of the molecule is CCSc1ccc(Oc2cc(CC(=O)O)cc3ccc(Br)cc23)cc1. The van der Waals surface area contributed by atoms with Crippen molar-refractivity contribution in [3.63, 3.8) is 0 Å². The predicted molar refractivity (Wildman–Crippen MR) is 106 cm³/mol. The average molecular weight is 417 g/mol. The van der Waals surface area contributed by atoms with E-state index in [1.165, 1.54) is 4.90 Å². The summed E-state index contributed by atoms with van der Waals surface area (Å²) in [6.45, 7) is 2.12. The first-order chi connectivity index (χ1) is 12.0. The monoisotopic (exact) mass is 416 g/mol. The molecule has 0 saturated heterocycles. The molecule has 1 N–H and O–H groups in total. The van der Waals surface area contributed by atoms with E-state index < -0.39 is 5.97 Å². The van der Waals surface area contributed by atoms with Gasteiger partial charge >= 0.3 is 5.97 Å². The molecule has 25 heavy (non-hydrogen) atoms. The molecule has 0 unspecified atom stereocenters. The minimum atomic E-state index is -0.858. The molecule has 0 saturated carbocycles. The van der Waals surface area contributed by atoms with Gasteiger partial charge in [0.15, 0.2) is 0 Å². The molecule has 0 amide bonds. The maximum absolute atomic E-state index is 11.1. The lowest BCUT2D eigenvalue weighted by atomic mass is 10.0. The van der Waals surface area contributed by atoms with E-state index in [-0.39, 0.29) is 6.42 Å². The number of hydrogen-bond donors (Lipinski definition) is 1. The third-order valence-electron chi connectivity index (χ3n) is 3.66. The summed E-state index contributed by atoms with van der Waals surface area (Å²) in [5.74, 6) is 1.55. The fourth-order valence-electron chi connectivity index (χ4n) is 2.61. The van der Waals surface area contributed by atoms with Crippen LogP contribution in [-0.4, -0.2) is 16.8 Å². The van der Waals surface area contributed by atoms with Crippen LogP contribution in [0.1, 0.15) is 12.5 Å². The molecule has 0 aromatic heterocycles. The third-order valence-corrected chi connectivity index (χ3v) is 5.04. The second kappa shape index (κ2) is 7.93. The summed E-state index contributed by atoms with van der Waals surface area (Å²) in [4.78, 5) is 12.3. The van der Waals surface area contributed by atoms with Crippen LogP contribution in [0.15, 0.2) is 64.0 Å². The molecule has 3 rings (SSSR count). The smallest absolute Gasteiger partial charge is 0.307 e. The Morgan fingerprint density at radius 3 is 2.56 bits per heavy atom. The standard InChI is InChI=1S/C20H17BrO3S/c1-2-25-17-7-5-16(6-8-17)24-19-10-13(11-20(22)23)9-14-3-4-15(21)12-18(14)19/h3-10,12H,2,11H2,1H3,(H,22,23). The van der Waals surface area contributed by atoms with Crippen molar-refractivity contribution in [2.75, 3.05) is 5.75 Å². The number of thioether (sulfide) groups is 1. The topological polar surface area (TPSA) is 46.5 Å². The lowest BCUT2D eigenvalue weighted by molar-refractivity contribution is -0.136. The van der Waals surface area contributed by atoms with E-state index in [0.29, 0.717) is 5.75 Å². The van der Waals surface area contributed by atoms with Crippen molar-refractivity contribution in [1.82, 2.24) is 0 Å². The number of aliphatic carboxylic acids is 1. The summed E-state index contributed by atoms with van der Waals surface area (Å²) < 4.78 is 7.03. The van der Waals surface area contributed by atoms with E-state index in [2.05, 4.69) is 22.9 Å². The summed E-state index contributed by atoms with van der Waals surface area (Å²) in [5.41, 5.74) is 0.718. The molecule has 0 aliphatic rings. The summed E-state index contributed by atoms with van der Waals surface area (Å²) in [7, 11) is 0. The number of ether oxygens (including phenoxy) is 1. The highest BCUT2D eigenvalue weighted by molar-refractivity contribution is 9.10. The number of halogens is 1. The van der Waals surface area contributed by atoms with Gasteiger partial charge in [0.1, 0.15) is 11.5 Å². The van der Waals surface area contributed by atoms with Gasteiger partial charge in [-0.1, -0.05) is 35.0 Å². The zero-order valence-electron chi connectivity index (χ0n) is 13.7. The first-order valence-corrected chi connectivity index (χ1v) is 9.67. The van der Waals surface area contributed by atoms with E-state index in [1.807, 2.05) is 48.5 Å². The van der Waals surface area contributed by atoms with Gasteiger partial charge in [-0.3, -0.25) is 4.79 Å². The Morgan fingerprint density at radius 2 is 1.88 bits per heavy atom. The highest BCUT2D eigenvalue weighted by Gasteiger charge is 2.10. The number of hydrogen-bond acceptors (Lipinski definition) is 3. The minimum absolute atomic E-state index is 0.0333. The molecule has 0 bridgehead atoms. The zero-order valence-corrected chi connectivity index (χ0v) is 16.1. The van der Waals surface area contributed by atoms with Crippen LogP contribution < -0.4 is 4.74 Å². The van der Waals surface area contributed by atoms with E-state index >= 15 is 0 Å². The van der Waals surface area contributed by atoms with Crippen molar-refractivity contribution in [2.24, 2.45) is 0 Å². The molecule has 0 aliphatic heterocycles. The molecule has 0 spiro atoms. The lowest BCUT2D eigenvalue weighted by Gasteiger charge is -2.12. The fourth-order valence-corrected chi connectivity index (χ4v) is 3.64. The molecule has 0 aliphatic carbocycles. The molecule has 128 valence electrons. The molecule has 0 atom stereocenters. The van der Waals surface area contributed by atoms with E-state index in [9.17, 15) is 4.79 Å². The molecule has 5 heteroatoms. The number of fused-ring (bicyclic) bond motifs is 1.